The van der Waals surface area contributed by atoms with E-state index in [1.807, 2.05) is 18.2 Å². The second-order valence-corrected chi connectivity index (χ2v) is 3.11. The Labute approximate surface area is 78.3 Å². The van der Waals surface area contributed by atoms with Crippen molar-refractivity contribution in [2.75, 3.05) is 7.11 Å². The van der Waals surface area contributed by atoms with Crippen molar-refractivity contribution in [3.63, 3.8) is 0 Å². The molecule has 0 unspecified atom stereocenters. The first-order valence-electron chi connectivity index (χ1n) is 4.10. The molecule has 0 N–H and O–H groups in total. The summed E-state index contributed by atoms with van der Waals surface area (Å²) in [6.45, 7) is 2.13. The molecule has 0 saturated carbocycles. The van der Waals surface area contributed by atoms with Gasteiger partial charge in [-0.3, -0.25) is 0 Å². The van der Waals surface area contributed by atoms with E-state index in [0.717, 1.165) is 23.6 Å². The maximum Gasteiger partial charge on any atom is 0.119 e. The van der Waals surface area contributed by atoms with Crippen molar-refractivity contribution in [2.45, 2.75) is 19.8 Å². The van der Waals surface area contributed by atoms with Crippen LogP contribution in [0.3, 0.4) is 0 Å². The van der Waals surface area contributed by atoms with E-state index in [-0.39, 0.29) is 0 Å². The maximum atomic E-state index is 5.98. The van der Waals surface area contributed by atoms with Crippen molar-refractivity contribution >= 4 is 11.6 Å². The molecule has 66 valence electrons. The van der Waals surface area contributed by atoms with Crippen molar-refractivity contribution in [1.82, 2.24) is 0 Å². The molecule has 2 heteroatoms. The number of ether oxygens (including phenoxy) is 1. The Bertz CT molecular complexity index is 258. The van der Waals surface area contributed by atoms with E-state index >= 15 is 0 Å². The summed E-state index contributed by atoms with van der Waals surface area (Å²) in [5.41, 5.74) is 1.17. The molecular formula is C10H13ClO. The summed E-state index contributed by atoms with van der Waals surface area (Å²) in [6.07, 6.45) is 2.11. The van der Waals surface area contributed by atoms with E-state index in [9.17, 15) is 0 Å². The number of halogens is 1. The molecular weight excluding hydrogens is 172 g/mol. The summed E-state index contributed by atoms with van der Waals surface area (Å²) in [5.74, 6) is 0.878. The average Bonchev–Trinajstić information content (AvgIpc) is 2.09. The molecule has 1 aromatic carbocycles. The second-order valence-electron chi connectivity index (χ2n) is 2.71. The lowest BCUT2D eigenvalue weighted by Crippen LogP contribution is -1.88. The monoisotopic (exact) mass is 184 g/mol. The normalized spacial score (nSPS) is 9.92. The van der Waals surface area contributed by atoms with Crippen LogP contribution in [0, 0.1) is 0 Å². The van der Waals surface area contributed by atoms with Gasteiger partial charge < -0.3 is 4.74 Å². The molecule has 0 bridgehead atoms. The lowest BCUT2D eigenvalue weighted by molar-refractivity contribution is 0.414. The Morgan fingerprint density at radius 1 is 1.42 bits per heavy atom. The number of methoxy groups -OCH3 is 1. The fraction of sp³-hybridized carbons (Fsp3) is 0.400. The van der Waals surface area contributed by atoms with E-state index in [4.69, 9.17) is 16.3 Å². The van der Waals surface area contributed by atoms with E-state index in [1.165, 1.54) is 5.56 Å². The topological polar surface area (TPSA) is 9.23 Å². The smallest absolute Gasteiger partial charge is 0.119 e. The lowest BCUT2D eigenvalue weighted by atomic mass is 10.1. The van der Waals surface area contributed by atoms with Crippen LogP contribution in [0.2, 0.25) is 5.02 Å². The Kier molecular flexibility index (Phi) is 3.42. The quantitative estimate of drug-likeness (QED) is 0.701. The second kappa shape index (κ2) is 4.36. The van der Waals surface area contributed by atoms with Gasteiger partial charge in [0.05, 0.1) is 7.11 Å². The first kappa shape index (κ1) is 9.40. The highest BCUT2D eigenvalue weighted by Gasteiger charge is 2.00. The third kappa shape index (κ3) is 2.15. The lowest BCUT2D eigenvalue weighted by Gasteiger charge is -2.05. The summed E-state index contributed by atoms with van der Waals surface area (Å²) < 4.78 is 5.10. The van der Waals surface area contributed by atoms with Gasteiger partial charge in [0.25, 0.3) is 0 Å². The predicted octanol–water partition coefficient (Wildman–Crippen LogP) is 3.30. The molecule has 0 saturated heterocycles. The van der Waals surface area contributed by atoms with Crippen LogP contribution in [0.15, 0.2) is 18.2 Å². The van der Waals surface area contributed by atoms with Crippen LogP contribution >= 0.6 is 11.6 Å². The Hall–Kier alpha value is -0.690. The van der Waals surface area contributed by atoms with Crippen molar-refractivity contribution in [2.24, 2.45) is 0 Å². The first-order chi connectivity index (χ1) is 5.77. The Morgan fingerprint density at radius 2 is 2.17 bits per heavy atom. The molecule has 0 atom stereocenters. The van der Waals surface area contributed by atoms with Crippen molar-refractivity contribution in [3.05, 3.63) is 28.8 Å². The van der Waals surface area contributed by atoms with Crippen LogP contribution in [-0.4, -0.2) is 7.11 Å². The van der Waals surface area contributed by atoms with Gasteiger partial charge in [0.15, 0.2) is 0 Å². The summed E-state index contributed by atoms with van der Waals surface area (Å²) in [7, 11) is 1.67. The summed E-state index contributed by atoms with van der Waals surface area (Å²) in [5, 5.41) is 0.831. The van der Waals surface area contributed by atoms with Gasteiger partial charge in [0.2, 0.25) is 0 Å². The maximum absolute atomic E-state index is 5.98. The SMILES string of the molecule is CCCc1cc(OC)ccc1Cl. The minimum absolute atomic E-state index is 0.831. The summed E-state index contributed by atoms with van der Waals surface area (Å²) in [4.78, 5) is 0. The van der Waals surface area contributed by atoms with Crippen LogP contribution < -0.4 is 4.74 Å². The van der Waals surface area contributed by atoms with Crippen molar-refractivity contribution in [1.29, 1.82) is 0 Å². The molecule has 1 nitrogen and oxygen atoms in total. The number of hydrogen-bond donors (Lipinski definition) is 0. The van der Waals surface area contributed by atoms with Crippen LogP contribution in [0.4, 0.5) is 0 Å². The molecule has 12 heavy (non-hydrogen) atoms. The first-order valence-corrected chi connectivity index (χ1v) is 4.48. The largest absolute Gasteiger partial charge is 0.497 e. The van der Waals surface area contributed by atoms with Crippen LogP contribution in [-0.2, 0) is 6.42 Å². The minimum atomic E-state index is 0.831. The molecule has 0 aliphatic carbocycles. The van der Waals surface area contributed by atoms with E-state index < -0.39 is 0 Å². The highest BCUT2D eigenvalue weighted by atomic mass is 35.5. The molecule has 0 aromatic heterocycles. The van der Waals surface area contributed by atoms with Gasteiger partial charge in [-0.15, -0.1) is 0 Å². The van der Waals surface area contributed by atoms with Crippen molar-refractivity contribution < 1.29 is 4.74 Å². The van der Waals surface area contributed by atoms with Crippen LogP contribution in [0.5, 0.6) is 5.75 Å². The fourth-order valence-corrected chi connectivity index (χ4v) is 1.35. The minimum Gasteiger partial charge on any atom is -0.497 e. The Balaban J connectivity index is 2.91. The van der Waals surface area contributed by atoms with Crippen molar-refractivity contribution in [3.8, 4) is 5.75 Å². The van der Waals surface area contributed by atoms with Crippen LogP contribution in [0.25, 0.3) is 0 Å². The number of hydrogen-bond acceptors (Lipinski definition) is 1. The van der Waals surface area contributed by atoms with Gasteiger partial charge in [-0.2, -0.15) is 0 Å². The Morgan fingerprint density at radius 3 is 2.75 bits per heavy atom. The van der Waals surface area contributed by atoms with Gasteiger partial charge in [0.1, 0.15) is 5.75 Å². The zero-order valence-corrected chi connectivity index (χ0v) is 8.19. The van der Waals surface area contributed by atoms with Crippen LogP contribution in [0.1, 0.15) is 18.9 Å². The summed E-state index contributed by atoms with van der Waals surface area (Å²) >= 11 is 5.98. The highest BCUT2D eigenvalue weighted by Crippen LogP contribution is 2.22. The number of benzene rings is 1. The summed E-state index contributed by atoms with van der Waals surface area (Å²) in [6, 6.07) is 5.75. The molecule has 0 amide bonds. The third-order valence-electron chi connectivity index (χ3n) is 1.77. The molecule has 1 rings (SSSR count). The number of aryl methyl sites for hydroxylation is 1. The zero-order chi connectivity index (χ0) is 8.97. The third-order valence-corrected chi connectivity index (χ3v) is 2.14. The van der Waals surface area contributed by atoms with Gasteiger partial charge in [-0.05, 0) is 30.2 Å². The molecule has 0 aliphatic heterocycles. The number of rotatable bonds is 3. The van der Waals surface area contributed by atoms with Gasteiger partial charge in [0, 0.05) is 5.02 Å². The molecule has 1 aromatic rings. The van der Waals surface area contributed by atoms with E-state index in [1.54, 1.807) is 7.11 Å². The van der Waals surface area contributed by atoms with Gasteiger partial charge in [-0.1, -0.05) is 24.9 Å². The zero-order valence-electron chi connectivity index (χ0n) is 7.43. The highest BCUT2D eigenvalue weighted by molar-refractivity contribution is 6.31. The molecule has 0 spiro atoms. The standard InChI is InChI=1S/C10H13ClO/c1-3-4-8-7-9(12-2)5-6-10(8)11/h5-7H,3-4H2,1-2H3. The molecule has 0 heterocycles. The van der Waals surface area contributed by atoms with Gasteiger partial charge in [-0.25, -0.2) is 0 Å². The van der Waals surface area contributed by atoms with E-state index in [0.29, 0.717) is 0 Å². The fourth-order valence-electron chi connectivity index (χ4n) is 1.14. The molecule has 0 fully saturated rings. The molecule has 0 aliphatic rings. The molecule has 0 radical (unpaired) electrons. The van der Waals surface area contributed by atoms with E-state index in [2.05, 4.69) is 6.92 Å². The predicted molar refractivity (Wildman–Crippen MR) is 52.0 cm³/mol. The average molecular weight is 185 g/mol. The van der Waals surface area contributed by atoms with Gasteiger partial charge >= 0.3 is 0 Å².